The van der Waals surface area contributed by atoms with Crippen molar-refractivity contribution >= 4 is 6.03 Å². The van der Waals surface area contributed by atoms with Gasteiger partial charge in [0.05, 0.1) is 0 Å². The van der Waals surface area contributed by atoms with E-state index in [9.17, 15) is 4.79 Å². The van der Waals surface area contributed by atoms with Crippen LogP contribution in [0.1, 0.15) is 51.9 Å². The predicted molar refractivity (Wildman–Crippen MR) is 70.8 cm³/mol. The van der Waals surface area contributed by atoms with E-state index in [0.717, 1.165) is 19.3 Å². The zero-order valence-corrected chi connectivity index (χ0v) is 10.9. The average Bonchev–Trinajstić information content (AvgIpc) is 2.32. The molecule has 0 bridgehead atoms. The molecule has 0 aromatic rings. The number of hydrogen-bond acceptors (Lipinski definition) is 2. The molecule has 4 heteroatoms. The van der Waals surface area contributed by atoms with E-state index in [1.165, 1.54) is 25.7 Å². The van der Waals surface area contributed by atoms with Crippen molar-refractivity contribution in [1.82, 2.24) is 10.6 Å². The number of aliphatic hydroxyl groups is 1. The molecule has 0 heterocycles. The second kappa shape index (κ2) is 13.0. The summed E-state index contributed by atoms with van der Waals surface area (Å²) in [7, 11) is 0. The van der Waals surface area contributed by atoms with E-state index in [-0.39, 0.29) is 12.8 Å². The maximum atomic E-state index is 10.9. The van der Waals surface area contributed by atoms with Crippen LogP contribution in [0.5, 0.6) is 0 Å². The fraction of sp³-hybridized carbons (Fsp3) is 0.769. The molecule has 3 N–H and O–H groups in total. The Morgan fingerprint density at radius 3 is 2.41 bits per heavy atom. The lowest BCUT2D eigenvalue weighted by Crippen LogP contribution is -2.36. The molecule has 4 nitrogen and oxygen atoms in total. The molecule has 0 aromatic heterocycles. The summed E-state index contributed by atoms with van der Waals surface area (Å²) in [5.74, 6) is 0. The summed E-state index contributed by atoms with van der Waals surface area (Å²) in [5.41, 5.74) is 0. The normalized spacial score (nSPS) is 10.7. The highest BCUT2D eigenvalue weighted by molar-refractivity contribution is 5.73. The van der Waals surface area contributed by atoms with Crippen LogP contribution >= 0.6 is 0 Å². The molecule has 100 valence electrons. The van der Waals surface area contributed by atoms with Crippen LogP contribution in [0.25, 0.3) is 0 Å². The molecule has 2 amide bonds. The van der Waals surface area contributed by atoms with Crippen LogP contribution in [-0.2, 0) is 0 Å². The van der Waals surface area contributed by atoms with Crippen LogP contribution in [0, 0.1) is 0 Å². The Hall–Kier alpha value is -1.03. The highest BCUT2D eigenvalue weighted by atomic mass is 16.3. The van der Waals surface area contributed by atoms with Gasteiger partial charge < -0.3 is 15.7 Å². The topological polar surface area (TPSA) is 61.4 Å². The minimum Gasteiger partial charge on any atom is -0.376 e. The fourth-order valence-electron chi connectivity index (χ4n) is 1.46. The molecule has 0 fully saturated rings. The molecule has 17 heavy (non-hydrogen) atoms. The van der Waals surface area contributed by atoms with Gasteiger partial charge in [-0.25, -0.2) is 4.79 Å². The largest absolute Gasteiger partial charge is 0.376 e. The van der Waals surface area contributed by atoms with Crippen molar-refractivity contribution in [2.45, 2.75) is 51.9 Å². The molecule has 0 rings (SSSR count). The van der Waals surface area contributed by atoms with E-state index in [2.05, 4.69) is 29.7 Å². The highest BCUT2D eigenvalue weighted by Gasteiger charge is 1.95. The number of nitrogens with one attached hydrogen (secondary N) is 2. The van der Waals surface area contributed by atoms with Crippen molar-refractivity contribution in [3.05, 3.63) is 12.2 Å². The summed E-state index contributed by atoms with van der Waals surface area (Å²) in [5, 5.41) is 13.4. The van der Waals surface area contributed by atoms with Crippen molar-refractivity contribution in [2.24, 2.45) is 0 Å². The molecule has 0 radical (unpaired) electrons. The van der Waals surface area contributed by atoms with Crippen molar-refractivity contribution in [2.75, 3.05) is 13.3 Å². The summed E-state index contributed by atoms with van der Waals surface area (Å²) in [6.07, 6.45) is 12.7. The van der Waals surface area contributed by atoms with Gasteiger partial charge in [0.2, 0.25) is 0 Å². The maximum absolute atomic E-state index is 10.9. The standard InChI is InChI=1S/C13H26N2O2/c1-2-3-4-5-6-7-8-9-10-11-14-13(17)15-12-16/h5-6,16H,2-4,7-12H2,1H3,(H2,14,15,17)/b6-5+. The number of amides is 2. The summed E-state index contributed by atoms with van der Waals surface area (Å²) in [6.45, 7) is 2.56. The van der Waals surface area contributed by atoms with E-state index in [1.54, 1.807) is 0 Å². The molecule has 0 aromatic carbocycles. The van der Waals surface area contributed by atoms with E-state index in [4.69, 9.17) is 5.11 Å². The first-order valence-corrected chi connectivity index (χ1v) is 6.58. The van der Waals surface area contributed by atoms with Gasteiger partial charge in [-0.15, -0.1) is 0 Å². The summed E-state index contributed by atoms with van der Waals surface area (Å²) in [4.78, 5) is 10.9. The average molecular weight is 242 g/mol. The van der Waals surface area contributed by atoms with Gasteiger partial charge in [0.1, 0.15) is 6.73 Å². The first-order valence-electron chi connectivity index (χ1n) is 6.58. The Balaban J connectivity index is 3.13. The lowest BCUT2D eigenvalue weighted by atomic mass is 10.1. The molecule has 0 aliphatic heterocycles. The third kappa shape index (κ3) is 12.9. The van der Waals surface area contributed by atoms with E-state index < -0.39 is 0 Å². The maximum Gasteiger partial charge on any atom is 0.316 e. The monoisotopic (exact) mass is 242 g/mol. The molecule has 0 aliphatic carbocycles. The molecule has 0 spiro atoms. The Kier molecular flexibility index (Phi) is 12.2. The van der Waals surface area contributed by atoms with Gasteiger partial charge in [0.15, 0.2) is 0 Å². The smallest absolute Gasteiger partial charge is 0.316 e. The minimum atomic E-state index is -0.311. The predicted octanol–water partition coefficient (Wildman–Crippen LogP) is 2.54. The van der Waals surface area contributed by atoms with Crippen LogP contribution in [0.3, 0.4) is 0 Å². The van der Waals surface area contributed by atoms with Crippen LogP contribution in [0.4, 0.5) is 4.79 Å². The van der Waals surface area contributed by atoms with Gasteiger partial charge in [0, 0.05) is 6.54 Å². The first-order chi connectivity index (χ1) is 8.31. The SMILES string of the molecule is CCCC/C=C/CCCCCNC(=O)NCO. The van der Waals surface area contributed by atoms with Crippen molar-refractivity contribution in [3.63, 3.8) is 0 Å². The van der Waals surface area contributed by atoms with Crippen molar-refractivity contribution in [1.29, 1.82) is 0 Å². The van der Waals surface area contributed by atoms with E-state index in [1.807, 2.05) is 0 Å². The first kappa shape index (κ1) is 16.0. The quantitative estimate of drug-likeness (QED) is 0.313. The summed E-state index contributed by atoms with van der Waals surface area (Å²) in [6, 6.07) is -0.299. The molecular formula is C13H26N2O2. The lowest BCUT2D eigenvalue weighted by molar-refractivity contribution is 0.217. The summed E-state index contributed by atoms with van der Waals surface area (Å²) >= 11 is 0. The van der Waals surface area contributed by atoms with E-state index in [0.29, 0.717) is 6.54 Å². The Labute approximate surface area is 104 Å². The molecular weight excluding hydrogens is 216 g/mol. The number of carbonyl (C=O) groups excluding carboxylic acids is 1. The van der Waals surface area contributed by atoms with Crippen molar-refractivity contribution in [3.8, 4) is 0 Å². The van der Waals surface area contributed by atoms with Crippen molar-refractivity contribution < 1.29 is 9.90 Å². The molecule has 0 unspecified atom stereocenters. The van der Waals surface area contributed by atoms with Gasteiger partial charge >= 0.3 is 6.03 Å². The van der Waals surface area contributed by atoms with Gasteiger partial charge in [-0.2, -0.15) is 0 Å². The van der Waals surface area contributed by atoms with Crippen LogP contribution < -0.4 is 10.6 Å². The zero-order valence-electron chi connectivity index (χ0n) is 10.9. The number of aliphatic hydroxyl groups excluding tert-OH is 1. The summed E-state index contributed by atoms with van der Waals surface area (Å²) < 4.78 is 0. The zero-order chi connectivity index (χ0) is 12.8. The molecule has 0 aliphatic rings. The Morgan fingerprint density at radius 1 is 1.06 bits per heavy atom. The van der Waals surface area contributed by atoms with Gasteiger partial charge in [-0.1, -0.05) is 38.3 Å². The number of urea groups is 1. The van der Waals surface area contributed by atoms with Gasteiger partial charge in [-0.05, 0) is 25.7 Å². The highest BCUT2D eigenvalue weighted by Crippen LogP contribution is 2.02. The number of unbranched alkanes of at least 4 members (excludes halogenated alkanes) is 5. The molecule has 0 saturated heterocycles. The van der Waals surface area contributed by atoms with E-state index >= 15 is 0 Å². The lowest BCUT2D eigenvalue weighted by Gasteiger charge is -2.04. The third-order valence-corrected chi connectivity index (χ3v) is 2.46. The number of hydrogen-bond donors (Lipinski definition) is 3. The Bertz CT molecular complexity index is 206. The molecule has 0 atom stereocenters. The number of rotatable bonds is 10. The van der Waals surface area contributed by atoms with Gasteiger partial charge in [0.25, 0.3) is 0 Å². The third-order valence-electron chi connectivity index (χ3n) is 2.46. The second-order valence-corrected chi connectivity index (χ2v) is 4.05. The van der Waals surface area contributed by atoms with Crippen LogP contribution in [0.15, 0.2) is 12.2 Å². The molecule has 0 saturated carbocycles. The van der Waals surface area contributed by atoms with Crippen LogP contribution in [-0.4, -0.2) is 24.4 Å². The Morgan fingerprint density at radius 2 is 1.76 bits per heavy atom. The minimum absolute atomic E-state index is 0.299. The van der Waals surface area contributed by atoms with Gasteiger partial charge in [-0.3, -0.25) is 0 Å². The fourth-order valence-corrected chi connectivity index (χ4v) is 1.46. The number of allylic oxidation sites excluding steroid dienone is 2. The number of carbonyl (C=O) groups is 1. The second-order valence-electron chi connectivity index (χ2n) is 4.05. The van der Waals surface area contributed by atoms with Crippen LogP contribution in [0.2, 0.25) is 0 Å².